The highest BCUT2D eigenvalue weighted by Crippen LogP contribution is 2.16. The standard InChI is InChI=1S/C22H40O2/c1-7-9-17-23-22(24-18-10-8-2)21(6)16-12-15-20(5)14-11-13-19(3)4/h13,15,22H,6-12,14,16-18H2,1-5H3. The summed E-state index contributed by atoms with van der Waals surface area (Å²) in [4.78, 5) is 0. The molecule has 0 aromatic rings. The first-order valence-corrected chi connectivity index (χ1v) is 9.71. The Morgan fingerprint density at radius 2 is 1.42 bits per heavy atom. The Morgan fingerprint density at radius 3 is 1.92 bits per heavy atom. The summed E-state index contributed by atoms with van der Waals surface area (Å²) < 4.78 is 11.8. The van der Waals surface area contributed by atoms with Crippen molar-refractivity contribution < 1.29 is 9.47 Å². The quantitative estimate of drug-likeness (QED) is 0.182. The second-order valence-electron chi connectivity index (χ2n) is 6.85. The Kier molecular flexibility index (Phi) is 15.1. The Labute approximate surface area is 151 Å². The van der Waals surface area contributed by atoms with Gasteiger partial charge in [-0.05, 0) is 64.9 Å². The molecule has 0 amide bonds. The molecule has 0 saturated carbocycles. The molecule has 0 aromatic carbocycles. The minimum atomic E-state index is -0.234. The SMILES string of the molecule is C=C(CCC=C(C)CCC=C(C)C)C(OCCCC)OCCCC. The zero-order chi connectivity index (χ0) is 18.2. The zero-order valence-electron chi connectivity index (χ0n) is 16.8. The van der Waals surface area contributed by atoms with Crippen LogP contribution in [-0.2, 0) is 9.47 Å². The summed E-state index contributed by atoms with van der Waals surface area (Å²) in [5, 5.41) is 0. The monoisotopic (exact) mass is 336 g/mol. The number of allylic oxidation sites excluding steroid dienone is 4. The molecule has 0 bridgehead atoms. The predicted molar refractivity (Wildman–Crippen MR) is 106 cm³/mol. The number of ether oxygens (including phenoxy) is 2. The van der Waals surface area contributed by atoms with Crippen molar-refractivity contribution in [3.63, 3.8) is 0 Å². The van der Waals surface area contributed by atoms with Crippen LogP contribution in [0.5, 0.6) is 0 Å². The van der Waals surface area contributed by atoms with Crippen LogP contribution in [0.1, 0.15) is 86.0 Å². The van der Waals surface area contributed by atoms with Gasteiger partial charge in [-0.15, -0.1) is 0 Å². The molecule has 2 nitrogen and oxygen atoms in total. The van der Waals surface area contributed by atoms with Crippen molar-refractivity contribution >= 4 is 0 Å². The van der Waals surface area contributed by atoms with Crippen molar-refractivity contribution in [3.8, 4) is 0 Å². The van der Waals surface area contributed by atoms with Crippen LogP contribution >= 0.6 is 0 Å². The second-order valence-corrected chi connectivity index (χ2v) is 6.85. The van der Waals surface area contributed by atoms with E-state index in [1.54, 1.807) is 0 Å². The molecule has 0 heterocycles. The highest BCUT2D eigenvalue weighted by molar-refractivity contribution is 5.05. The van der Waals surface area contributed by atoms with Gasteiger partial charge in [0.15, 0.2) is 6.29 Å². The van der Waals surface area contributed by atoms with Crippen LogP contribution in [0.15, 0.2) is 35.5 Å². The number of hydrogen-bond donors (Lipinski definition) is 0. The van der Waals surface area contributed by atoms with Crippen LogP contribution in [0.2, 0.25) is 0 Å². The maximum atomic E-state index is 5.89. The highest BCUT2D eigenvalue weighted by Gasteiger charge is 2.13. The first-order chi connectivity index (χ1) is 11.5. The molecule has 0 unspecified atom stereocenters. The lowest BCUT2D eigenvalue weighted by Gasteiger charge is -2.20. The van der Waals surface area contributed by atoms with E-state index in [1.165, 1.54) is 11.1 Å². The van der Waals surface area contributed by atoms with E-state index in [0.29, 0.717) is 0 Å². The Morgan fingerprint density at radius 1 is 0.875 bits per heavy atom. The van der Waals surface area contributed by atoms with Gasteiger partial charge >= 0.3 is 0 Å². The molecule has 0 saturated heterocycles. The van der Waals surface area contributed by atoms with Crippen LogP contribution < -0.4 is 0 Å². The van der Waals surface area contributed by atoms with Gasteiger partial charge in [-0.25, -0.2) is 0 Å². The van der Waals surface area contributed by atoms with Gasteiger partial charge in [-0.1, -0.05) is 56.6 Å². The van der Waals surface area contributed by atoms with Crippen LogP contribution in [0.4, 0.5) is 0 Å². The van der Waals surface area contributed by atoms with Gasteiger partial charge < -0.3 is 9.47 Å². The summed E-state index contributed by atoms with van der Waals surface area (Å²) in [6.45, 7) is 16.6. The van der Waals surface area contributed by atoms with Crippen LogP contribution in [0.25, 0.3) is 0 Å². The summed E-state index contributed by atoms with van der Waals surface area (Å²) >= 11 is 0. The van der Waals surface area contributed by atoms with Crippen LogP contribution in [-0.4, -0.2) is 19.5 Å². The number of hydrogen-bond acceptors (Lipinski definition) is 2. The summed E-state index contributed by atoms with van der Waals surface area (Å²) in [5.41, 5.74) is 3.92. The molecule has 2 heteroatoms. The van der Waals surface area contributed by atoms with Crippen LogP contribution in [0, 0.1) is 0 Å². The average Bonchev–Trinajstić information content (AvgIpc) is 2.53. The van der Waals surface area contributed by atoms with Gasteiger partial charge in [0.2, 0.25) is 0 Å². The molecule has 140 valence electrons. The highest BCUT2D eigenvalue weighted by atomic mass is 16.7. The molecule has 0 atom stereocenters. The van der Waals surface area contributed by atoms with Crippen molar-refractivity contribution in [1.82, 2.24) is 0 Å². The van der Waals surface area contributed by atoms with Crippen molar-refractivity contribution in [3.05, 3.63) is 35.5 Å². The maximum absolute atomic E-state index is 5.89. The topological polar surface area (TPSA) is 18.5 Å². The molecule has 0 aliphatic carbocycles. The van der Waals surface area contributed by atoms with Gasteiger partial charge in [0, 0.05) is 0 Å². The third kappa shape index (κ3) is 13.6. The molecule has 0 N–H and O–H groups in total. The summed E-state index contributed by atoms with van der Waals surface area (Å²) in [5.74, 6) is 0. The first kappa shape index (κ1) is 23.1. The van der Waals surface area contributed by atoms with Gasteiger partial charge in [-0.2, -0.15) is 0 Å². The Balaban J connectivity index is 4.24. The minimum absolute atomic E-state index is 0.234. The molecule has 0 aliphatic heterocycles. The lowest BCUT2D eigenvalue weighted by molar-refractivity contribution is -0.120. The fourth-order valence-corrected chi connectivity index (χ4v) is 2.27. The molecule has 24 heavy (non-hydrogen) atoms. The van der Waals surface area contributed by atoms with Gasteiger partial charge in [-0.3, -0.25) is 0 Å². The molecule has 0 rings (SSSR count). The normalized spacial score (nSPS) is 11.8. The van der Waals surface area contributed by atoms with Gasteiger partial charge in [0.05, 0.1) is 13.2 Å². The third-order valence-electron chi connectivity index (χ3n) is 3.92. The van der Waals surface area contributed by atoms with Crippen molar-refractivity contribution in [2.45, 2.75) is 92.3 Å². The molecular formula is C22H40O2. The number of rotatable bonds is 15. The summed E-state index contributed by atoms with van der Waals surface area (Å²) in [6, 6.07) is 0. The van der Waals surface area contributed by atoms with E-state index in [1.807, 2.05) is 0 Å². The van der Waals surface area contributed by atoms with Gasteiger partial charge in [0.25, 0.3) is 0 Å². The van der Waals surface area contributed by atoms with E-state index in [4.69, 9.17) is 9.47 Å². The fourth-order valence-electron chi connectivity index (χ4n) is 2.27. The minimum Gasteiger partial charge on any atom is -0.349 e. The molecular weight excluding hydrogens is 296 g/mol. The lowest BCUT2D eigenvalue weighted by atomic mass is 10.1. The van der Waals surface area contributed by atoms with Crippen molar-refractivity contribution in [2.24, 2.45) is 0 Å². The van der Waals surface area contributed by atoms with E-state index in [9.17, 15) is 0 Å². The predicted octanol–water partition coefficient (Wildman–Crippen LogP) is 6.98. The van der Waals surface area contributed by atoms with E-state index >= 15 is 0 Å². The van der Waals surface area contributed by atoms with Crippen molar-refractivity contribution in [1.29, 1.82) is 0 Å². The smallest absolute Gasteiger partial charge is 0.179 e. The lowest BCUT2D eigenvalue weighted by Crippen LogP contribution is -2.21. The van der Waals surface area contributed by atoms with Crippen LogP contribution in [0.3, 0.4) is 0 Å². The summed E-state index contributed by atoms with van der Waals surface area (Å²) in [6.07, 6.45) is 13.1. The van der Waals surface area contributed by atoms with E-state index in [-0.39, 0.29) is 6.29 Å². The van der Waals surface area contributed by atoms with Gasteiger partial charge in [0.1, 0.15) is 0 Å². The van der Waals surface area contributed by atoms with E-state index < -0.39 is 0 Å². The molecule has 0 aliphatic rings. The fraction of sp³-hybridized carbons (Fsp3) is 0.727. The molecule has 0 radical (unpaired) electrons. The largest absolute Gasteiger partial charge is 0.349 e. The maximum Gasteiger partial charge on any atom is 0.179 e. The second kappa shape index (κ2) is 15.7. The molecule has 0 fully saturated rings. The zero-order valence-corrected chi connectivity index (χ0v) is 16.8. The number of unbranched alkanes of at least 4 members (excludes halogenated alkanes) is 2. The third-order valence-corrected chi connectivity index (χ3v) is 3.92. The summed E-state index contributed by atoms with van der Waals surface area (Å²) in [7, 11) is 0. The average molecular weight is 337 g/mol. The van der Waals surface area contributed by atoms with Crippen molar-refractivity contribution in [2.75, 3.05) is 13.2 Å². The first-order valence-electron chi connectivity index (χ1n) is 9.71. The molecule has 0 aromatic heterocycles. The van der Waals surface area contributed by atoms with E-state index in [2.05, 4.69) is 53.3 Å². The Bertz CT molecular complexity index is 365. The van der Waals surface area contributed by atoms with E-state index in [0.717, 1.165) is 70.2 Å². The Hall–Kier alpha value is -0.860. The molecule has 0 spiro atoms.